The predicted molar refractivity (Wildman–Crippen MR) is 138 cm³/mol. The molecule has 1 aliphatic heterocycles. The number of rotatable bonds is 7. The van der Waals surface area contributed by atoms with E-state index in [0.717, 1.165) is 23.3 Å². The van der Waals surface area contributed by atoms with E-state index in [2.05, 4.69) is 15.4 Å². The molecule has 4 aromatic rings. The van der Waals surface area contributed by atoms with Crippen LogP contribution in [0.2, 0.25) is 0 Å². The second kappa shape index (κ2) is 10.1. The molecule has 0 radical (unpaired) electrons. The van der Waals surface area contributed by atoms with Gasteiger partial charge in [0.2, 0.25) is 0 Å². The van der Waals surface area contributed by atoms with E-state index in [9.17, 15) is 18.4 Å². The number of carbonyl (C=O) groups is 2. The molecule has 0 bridgehead atoms. The molecule has 194 valence electrons. The van der Waals surface area contributed by atoms with E-state index in [1.165, 1.54) is 11.0 Å². The standard InChI is InChI=1S/C28H25F2N5O3/c1-16(14-34(2)3)38-28(37)21-8-6-18(17-7-9-23(29)24(30)11-17)12-26(21)35-15-20-5-4-19(10-22(20)27(35)36)25-13-31-33-32-25/h4-13,16H,14-15H2,1-3H3,(H,31,32,33). The second-order valence-electron chi connectivity index (χ2n) is 9.46. The van der Waals surface area contributed by atoms with Crippen LogP contribution in [0.1, 0.15) is 33.2 Å². The van der Waals surface area contributed by atoms with Crippen molar-refractivity contribution in [2.45, 2.75) is 19.6 Å². The summed E-state index contributed by atoms with van der Waals surface area (Å²) < 4.78 is 33.2. The molecule has 10 heteroatoms. The van der Waals surface area contributed by atoms with Gasteiger partial charge in [0.15, 0.2) is 11.6 Å². The maximum atomic E-state index is 14.0. The molecular weight excluding hydrogens is 492 g/mol. The van der Waals surface area contributed by atoms with Crippen molar-refractivity contribution in [2.75, 3.05) is 25.5 Å². The second-order valence-corrected chi connectivity index (χ2v) is 9.46. The summed E-state index contributed by atoms with van der Waals surface area (Å²) in [5.74, 6) is -2.84. The van der Waals surface area contributed by atoms with Crippen LogP contribution in [-0.2, 0) is 11.3 Å². The van der Waals surface area contributed by atoms with E-state index in [1.807, 2.05) is 31.1 Å². The fourth-order valence-electron chi connectivity index (χ4n) is 4.58. The van der Waals surface area contributed by atoms with Crippen molar-refractivity contribution in [3.05, 3.63) is 89.1 Å². The van der Waals surface area contributed by atoms with E-state index in [4.69, 9.17) is 4.74 Å². The number of benzene rings is 3. The highest BCUT2D eigenvalue weighted by Crippen LogP contribution is 2.36. The number of hydrogen-bond acceptors (Lipinski definition) is 6. The summed E-state index contributed by atoms with van der Waals surface area (Å²) in [6.45, 7) is 2.53. The Morgan fingerprint density at radius 2 is 1.79 bits per heavy atom. The third kappa shape index (κ3) is 4.90. The quantitative estimate of drug-likeness (QED) is 0.358. The van der Waals surface area contributed by atoms with Crippen LogP contribution >= 0.6 is 0 Å². The van der Waals surface area contributed by atoms with E-state index in [0.29, 0.717) is 34.6 Å². The van der Waals surface area contributed by atoms with Crippen molar-refractivity contribution in [2.24, 2.45) is 0 Å². The molecule has 1 unspecified atom stereocenters. The topological polar surface area (TPSA) is 91.4 Å². The van der Waals surface area contributed by atoms with E-state index >= 15 is 0 Å². The normalized spacial score (nSPS) is 13.6. The van der Waals surface area contributed by atoms with Crippen LogP contribution in [0.4, 0.5) is 14.5 Å². The minimum atomic E-state index is -0.991. The Hall–Kier alpha value is -4.44. The molecule has 0 spiro atoms. The van der Waals surface area contributed by atoms with Gasteiger partial charge in [0.25, 0.3) is 5.91 Å². The number of likely N-dealkylation sites (N-methyl/N-ethyl adjacent to an activating group) is 1. The SMILES string of the molecule is CC(CN(C)C)OC(=O)c1ccc(-c2ccc(F)c(F)c2)cc1N1Cc2ccc(-c3c[nH]nn3)cc2C1=O. The zero-order chi connectivity index (χ0) is 27.0. The molecule has 1 amide bonds. The Kier molecular flexibility index (Phi) is 6.73. The number of H-pyrrole nitrogens is 1. The highest BCUT2D eigenvalue weighted by molar-refractivity contribution is 6.13. The molecule has 1 aliphatic rings. The number of halogens is 2. The summed E-state index contributed by atoms with van der Waals surface area (Å²) in [5.41, 5.74) is 4.01. The first-order valence-electron chi connectivity index (χ1n) is 12.0. The maximum absolute atomic E-state index is 14.0. The first-order chi connectivity index (χ1) is 18.2. The minimum absolute atomic E-state index is 0.194. The number of ether oxygens (including phenoxy) is 1. The molecule has 2 heterocycles. The smallest absolute Gasteiger partial charge is 0.340 e. The zero-order valence-electron chi connectivity index (χ0n) is 21.0. The van der Waals surface area contributed by atoms with Gasteiger partial charge >= 0.3 is 5.97 Å². The molecule has 1 N–H and O–H groups in total. The van der Waals surface area contributed by atoms with Crippen molar-refractivity contribution in [3.63, 3.8) is 0 Å². The van der Waals surface area contributed by atoms with E-state index in [1.54, 1.807) is 37.4 Å². The number of nitrogens with one attached hydrogen (secondary N) is 1. The van der Waals surface area contributed by atoms with Gasteiger partial charge < -0.3 is 14.5 Å². The van der Waals surface area contributed by atoms with Crippen LogP contribution in [0, 0.1) is 11.6 Å². The Labute approximate surface area is 217 Å². The average Bonchev–Trinajstić information content (AvgIpc) is 3.53. The van der Waals surface area contributed by atoms with Crippen LogP contribution < -0.4 is 4.90 Å². The molecular formula is C28H25F2N5O3. The molecule has 8 nitrogen and oxygen atoms in total. The first-order valence-corrected chi connectivity index (χ1v) is 12.0. The van der Waals surface area contributed by atoms with Gasteiger partial charge in [0, 0.05) is 23.9 Å². The van der Waals surface area contributed by atoms with Crippen molar-refractivity contribution < 1.29 is 23.1 Å². The van der Waals surface area contributed by atoms with Gasteiger partial charge in [-0.2, -0.15) is 0 Å². The molecule has 38 heavy (non-hydrogen) atoms. The first kappa shape index (κ1) is 25.2. The van der Waals surface area contributed by atoms with Gasteiger partial charge in [0.05, 0.1) is 17.8 Å². The molecule has 1 aromatic heterocycles. The van der Waals surface area contributed by atoms with Gasteiger partial charge in [-0.25, -0.2) is 13.6 Å². The van der Waals surface area contributed by atoms with Gasteiger partial charge in [-0.1, -0.05) is 29.5 Å². The Morgan fingerprint density at radius 1 is 1.05 bits per heavy atom. The molecule has 5 rings (SSSR count). The summed E-state index contributed by atoms with van der Waals surface area (Å²) in [6.07, 6.45) is 1.24. The monoisotopic (exact) mass is 517 g/mol. The Morgan fingerprint density at radius 3 is 2.50 bits per heavy atom. The van der Waals surface area contributed by atoms with Gasteiger partial charge in [-0.05, 0) is 68.0 Å². The molecule has 1 atom stereocenters. The Bertz CT molecular complexity index is 1520. The predicted octanol–water partition coefficient (Wildman–Crippen LogP) is 4.68. The summed E-state index contributed by atoms with van der Waals surface area (Å²) in [5, 5.41) is 10.4. The van der Waals surface area contributed by atoms with Gasteiger partial charge in [-0.3, -0.25) is 9.89 Å². The number of fused-ring (bicyclic) bond motifs is 1. The van der Waals surface area contributed by atoms with Crippen molar-refractivity contribution in [3.8, 4) is 22.4 Å². The Balaban J connectivity index is 1.55. The lowest BCUT2D eigenvalue weighted by molar-refractivity contribution is 0.0290. The van der Waals surface area contributed by atoms with Crippen LogP contribution in [0.5, 0.6) is 0 Å². The number of carbonyl (C=O) groups excluding carboxylic acids is 2. The minimum Gasteiger partial charge on any atom is -0.458 e. The lowest BCUT2D eigenvalue weighted by atomic mass is 10.0. The summed E-state index contributed by atoms with van der Waals surface area (Å²) >= 11 is 0. The molecule has 0 saturated carbocycles. The molecule has 0 fully saturated rings. The summed E-state index contributed by atoms with van der Waals surface area (Å²) in [4.78, 5) is 30.3. The number of nitrogens with zero attached hydrogens (tertiary/aromatic N) is 4. The highest BCUT2D eigenvalue weighted by Gasteiger charge is 2.32. The van der Waals surface area contributed by atoms with Crippen LogP contribution in [0.3, 0.4) is 0 Å². The van der Waals surface area contributed by atoms with Gasteiger partial charge in [0.1, 0.15) is 11.8 Å². The summed E-state index contributed by atoms with van der Waals surface area (Å²) in [7, 11) is 3.75. The number of aromatic nitrogens is 3. The van der Waals surface area contributed by atoms with Crippen molar-refractivity contribution >= 4 is 17.6 Å². The highest BCUT2D eigenvalue weighted by atomic mass is 19.2. The van der Waals surface area contributed by atoms with Crippen LogP contribution in [-0.4, -0.2) is 58.9 Å². The van der Waals surface area contributed by atoms with Crippen molar-refractivity contribution in [1.29, 1.82) is 0 Å². The fraction of sp³-hybridized carbons (Fsp3) is 0.214. The largest absolute Gasteiger partial charge is 0.458 e. The fourth-order valence-corrected chi connectivity index (χ4v) is 4.58. The third-order valence-corrected chi connectivity index (χ3v) is 6.32. The van der Waals surface area contributed by atoms with Crippen LogP contribution in [0.15, 0.2) is 60.8 Å². The average molecular weight is 518 g/mol. The number of hydrogen-bond donors (Lipinski definition) is 1. The lowest BCUT2D eigenvalue weighted by Gasteiger charge is -2.22. The third-order valence-electron chi connectivity index (χ3n) is 6.32. The zero-order valence-corrected chi connectivity index (χ0v) is 21.0. The molecule has 0 saturated heterocycles. The number of esters is 1. The number of amides is 1. The van der Waals surface area contributed by atoms with Gasteiger partial charge in [-0.15, -0.1) is 5.10 Å². The molecule has 3 aromatic carbocycles. The number of anilines is 1. The van der Waals surface area contributed by atoms with Crippen LogP contribution in [0.25, 0.3) is 22.4 Å². The summed E-state index contributed by atoms with van der Waals surface area (Å²) in [6, 6.07) is 13.8. The van der Waals surface area contributed by atoms with E-state index < -0.39 is 23.7 Å². The maximum Gasteiger partial charge on any atom is 0.340 e. The molecule has 0 aliphatic carbocycles. The lowest BCUT2D eigenvalue weighted by Crippen LogP contribution is -2.29. The number of aromatic amines is 1. The van der Waals surface area contributed by atoms with Crippen molar-refractivity contribution in [1.82, 2.24) is 20.3 Å². The van der Waals surface area contributed by atoms with E-state index in [-0.39, 0.29) is 18.0 Å².